The zero-order valence-corrected chi connectivity index (χ0v) is 21.8. The fourth-order valence-electron chi connectivity index (χ4n) is 4.12. The van der Waals surface area contributed by atoms with Crippen LogP contribution in [-0.4, -0.2) is 66.5 Å². The number of carbonyl (C=O) groups is 4. The lowest BCUT2D eigenvalue weighted by molar-refractivity contribution is -0.143. The molecule has 37 heavy (non-hydrogen) atoms. The summed E-state index contributed by atoms with van der Waals surface area (Å²) < 4.78 is 4.95. The van der Waals surface area contributed by atoms with Crippen LogP contribution in [0.15, 0.2) is 42.5 Å². The number of carboxylic acids is 1. The van der Waals surface area contributed by atoms with Crippen molar-refractivity contribution in [2.45, 2.75) is 31.7 Å². The first-order valence-electron chi connectivity index (χ1n) is 11.8. The van der Waals surface area contributed by atoms with Crippen LogP contribution in [0, 0.1) is 5.92 Å². The van der Waals surface area contributed by atoms with Crippen molar-refractivity contribution in [2.75, 3.05) is 32.1 Å². The average Bonchev–Trinajstić information content (AvgIpc) is 2.87. The monoisotopic (exact) mass is 549 g/mol. The molecule has 2 aromatic carbocycles. The zero-order valence-electron chi connectivity index (χ0n) is 20.3. The third kappa shape index (κ3) is 7.92. The lowest BCUT2D eigenvalue weighted by atomic mass is 9.96. The van der Waals surface area contributed by atoms with Gasteiger partial charge in [-0.25, -0.2) is 4.79 Å². The van der Waals surface area contributed by atoms with Gasteiger partial charge in [-0.2, -0.15) is 0 Å². The third-order valence-electron chi connectivity index (χ3n) is 6.12. The predicted molar refractivity (Wildman–Crippen MR) is 140 cm³/mol. The summed E-state index contributed by atoms with van der Waals surface area (Å²) in [5.41, 5.74) is 1.29. The van der Waals surface area contributed by atoms with Crippen LogP contribution >= 0.6 is 23.2 Å². The quantitative estimate of drug-likeness (QED) is 0.415. The average molecular weight is 550 g/mol. The first kappa shape index (κ1) is 28.4. The Hall–Kier alpha value is -3.14. The van der Waals surface area contributed by atoms with E-state index in [9.17, 15) is 24.3 Å². The summed E-state index contributed by atoms with van der Waals surface area (Å²) in [6.45, 7) is 1.13. The fourth-order valence-corrected chi connectivity index (χ4v) is 4.69. The molecule has 2 atom stereocenters. The number of benzene rings is 2. The minimum absolute atomic E-state index is 0.0504. The number of piperidine rings is 1. The molecule has 2 aromatic rings. The number of hydrogen-bond acceptors (Lipinski definition) is 5. The minimum atomic E-state index is -1.16. The van der Waals surface area contributed by atoms with E-state index < -0.39 is 29.7 Å². The molecule has 9 nitrogen and oxygen atoms in total. The molecule has 0 aliphatic carbocycles. The molecule has 1 saturated heterocycles. The number of rotatable bonds is 10. The number of anilines is 1. The smallest absolute Gasteiger partial charge is 0.326 e. The number of nitrogens with zero attached hydrogens (tertiary/aromatic N) is 1. The van der Waals surface area contributed by atoms with Crippen molar-refractivity contribution < 1.29 is 29.0 Å². The maximum Gasteiger partial charge on any atom is 0.326 e. The highest BCUT2D eigenvalue weighted by Crippen LogP contribution is 2.25. The zero-order chi connectivity index (χ0) is 26.9. The van der Waals surface area contributed by atoms with Crippen LogP contribution in [0.25, 0.3) is 0 Å². The summed E-state index contributed by atoms with van der Waals surface area (Å²) in [7, 11) is 1.52. The van der Waals surface area contributed by atoms with E-state index in [0.29, 0.717) is 37.2 Å². The van der Waals surface area contributed by atoms with Gasteiger partial charge in [-0.15, -0.1) is 0 Å². The van der Waals surface area contributed by atoms with Crippen LogP contribution < -0.4 is 10.6 Å². The SMILES string of the molecule is COCCC(=O)N1CCCC(C(=O)N[C@@H](Cc2ccc(NC(=O)c3c(Cl)cccc3Cl)cc2)C(=O)O)C1. The molecule has 3 N–H and O–H groups in total. The molecule has 1 aliphatic heterocycles. The van der Waals surface area contributed by atoms with Crippen molar-refractivity contribution in [3.8, 4) is 0 Å². The Kier molecular flexibility index (Phi) is 10.3. The topological polar surface area (TPSA) is 125 Å². The van der Waals surface area contributed by atoms with Crippen LogP contribution in [0.4, 0.5) is 5.69 Å². The largest absolute Gasteiger partial charge is 0.480 e. The van der Waals surface area contributed by atoms with Crippen LogP contribution in [0.5, 0.6) is 0 Å². The van der Waals surface area contributed by atoms with Crippen LogP contribution in [0.2, 0.25) is 10.0 Å². The Morgan fingerprint density at radius 2 is 1.78 bits per heavy atom. The number of aliphatic carboxylic acids is 1. The highest BCUT2D eigenvalue weighted by Gasteiger charge is 2.31. The Morgan fingerprint density at radius 3 is 2.41 bits per heavy atom. The number of methoxy groups -OCH3 is 1. The molecule has 1 unspecified atom stereocenters. The van der Waals surface area contributed by atoms with Crippen molar-refractivity contribution in [1.82, 2.24) is 10.2 Å². The van der Waals surface area contributed by atoms with E-state index >= 15 is 0 Å². The number of hydrogen-bond donors (Lipinski definition) is 3. The van der Waals surface area contributed by atoms with Gasteiger partial charge in [0, 0.05) is 32.3 Å². The van der Waals surface area contributed by atoms with Crippen LogP contribution in [-0.2, 0) is 25.5 Å². The first-order chi connectivity index (χ1) is 17.7. The van der Waals surface area contributed by atoms with Gasteiger partial charge >= 0.3 is 5.97 Å². The van der Waals surface area contributed by atoms with E-state index in [-0.39, 0.29) is 40.9 Å². The number of halogens is 2. The summed E-state index contributed by atoms with van der Waals surface area (Å²) >= 11 is 12.2. The molecule has 0 aromatic heterocycles. The van der Waals surface area contributed by atoms with Gasteiger partial charge in [-0.05, 0) is 42.7 Å². The summed E-state index contributed by atoms with van der Waals surface area (Å²) in [5.74, 6) is -2.59. The van der Waals surface area contributed by atoms with E-state index in [0.717, 1.165) is 0 Å². The first-order valence-corrected chi connectivity index (χ1v) is 12.6. The Labute approximate surface area is 225 Å². The number of likely N-dealkylation sites (tertiary alicyclic amines) is 1. The molecule has 3 amide bonds. The van der Waals surface area contributed by atoms with Crippen molar-refractivity contribution in [1.29, 1.82) is 0 Å². The van der Waals surface area contributed by atoms with Crippen molar-refractivity contribution in [3.63, 3.8) is 0 Å². The second kappa shape index (κ2) is 13.4. The Morgan fingerprint density at radius 1 is 1.11 bits per heavy atom. The second-order valence-corrected chi connectivity index (χ2v) is 9.59. The number of ether oxygens (including phenoxy) is 1. The van der Waals surface area contributed by atoms with E-state index in [4.69, 9.17) is 27.9 Å². The highest BCUT2D eigenvalue weighted by molar-refractivity contribution is 6.40. The summed E-state index contributed by atoms with van der Waals surface area (Å²) in [5, 5.41) is 15.5. The molecule has 0 spiro atoms. The Bertz CT molecular complexity index is 1120. The molecule has 1 aliphatic rings. The van der Waals surface area contributed by atoms with Gasteiger partial charge < -0.3 is 25.4 Å². The van der Waals surface area contributed by atoms with Crippen LogP contribution in [0.3, 0.4) is 0 Å². The van der Waals surface area contributed by atoms with Gasteiger partial charge in [-0.1, -0.05) is 41.4 Å². The van der Waals surface area contributed by atoms with Crippen molar-refractivity contribution in [2.24, 2.45) is 5.92 Å². The van der Waals surface area contributed by atoms with Gasteiger partial charge in [-0.3, -0.25) is 14.4 Å². The van der Waals surface area contributed by atoms with Crippen LogP contribution in [0.1, 0.15) is 35.2 Å². The molecule has 1 heterocycles. The summed E-state index contributed by atoms with van der Waals surface area (Å²) in [6, 6.07) is 10.2. The molecule has 1 fully saturated rings. The highest BCUT2D eigenvalue weighted by atomic mass is 35.5. The number of carboxylic acid groups (broad SMARTS) is 1. The van der Waals surface area contributed by atoms with Gasteiger partial charge in [0.1, 0.15) is 6.04 Å². The lowest BCUT2D eigenvalue weighted by Gasteiger charge is -2.32. The van der Waals surface area contributed by atoms with E-state index in [1.807, 2.05) is 0 Å². The van der Waals surface area contributed by atoms with Gasteiger partial charge in [0.15, 0.2) is 0 Å². The maximum atomic E-state index is 12.8. The molecular formula is C26H29Cl2N3O6. The fraction of sp³-hybridized carbons (Fsp3) is 0.385. The molecule has 0 saturated carbocycles. The van der Waals surface area contributed by atoms with Crippen molar-refractivity contribution >= 4 is 52.6 Å². The number of amides is 3. The van der Waals surface area contributed by atoms with Gasteiger partial charge in [0.05, 0.1) is 34.6 Å². The predicted octanol–water partition coefficient (Wildman–Crippen LogP) is 3.63. The van der Waals surface area contributed by atoms with E-state index in [1.165, 1.54) is 7.11 Å². The van der Waals surface area contributed by atoms with E-state index in [1.54, 1.807) is 47.4 Å². The molecular weight excluding hydrogens is 521 g/mol. The molecule has 0 bridgehead atoms. The normalized spacial score (nSPS) is 16.1. The lowest BCUT2D eigenvalue weighted by Crippen LogP contribution is -2.50. The molecule has 198 valence electrons. The minimum Gasteiger partial charge on any atom is -0.480 e. The molecule has 3 rings (SSSR count). The van der Waals surface area contributed by atoms with Gasteiger partial charge in [0.2, 0.25) is 11.8 Å². The summed E-state index contributed by atoms with van der Waals surface area (Å²) in [6.07, 6.45) is 1.54. The Balaban J connectivity index is 1.59. The number of nitrogens with one attached hydrogen (secondary N) is 2. The van der Waals surface area contributed by atoms with Crippen molar-refractivity contribution in [3.05, 3.63) is 63.6 Å². The molecule has 0 radical (unpaired) electrons. The van der Waals surface area contributed by atoms with Gasteiger partial charge in [0.25, 0.3) is 5.91 Å². The third-order valence-corrected chi connectivity index (χ3v) is 6.75. The molecule has 11 heteroatoms. The maximum absolute atomic E-state index is 12.8. The second-order valence-electron chi connectivity index (χ2n) is 8.77. The number of carbonyl (C=O) groups excluding carboxylic acids is 3. The van der Waals surface area contributed by atoms with E-state index in [2.05, 4.69) is 10.6 Å². The summed E-state index contributed by atoms with van der Waals surface area (Å²) in [4.78, 5) is 51.2. The standard InChI is InChI=1S/C26H29Cl2N3O6/c1-37-13-11-22(32)31-12-3-4-17(15-31)24(33)30-21(26(35)36)14-16-7-9-18(10-8-16)29-25(34)23-19(27)5-2-6-20(23)28/h2,5-10,17,21H,3-4,11-15H2,1H3,(H,29,34)(H,30,33)(H,35,36)/t17?,21-/m0/s1.